The van der Waals surface area contributed by atoms with Crippen molar-refractivity contribution in [3.63, 3.8) is 0 Å². The SMILES string of the molecule is N#CC1(CNc2ccc(F)cn2)CCC1. The van der Waals surface area contributed by atoms with E-state index in [2.05, 4.69) is 16.4 Å². The zero-order chi connectivity index (χ0) is 10.7. The molecule has 1 aliphatic rings. The Labute approximate surface area is 87.9 Å². The van der Waals surface area contributed by atoms with E-state index in [1.165, 1.54) is 12.3 Å². The molecule has 0 aliphatic heterocycles. The van der Waals surface area contributed by atoms with Crippen molar-refractivity contribution in [2.24, 2.45) is 5.41 Å². The molecule has 0 amide bonds. The predicted molar refractivity (Wildman–Crippen MR) is 54.6 cm³/mol. The lowest BCUT2D eigenvalue weighted by Gasteiger charge is -2.35. The van der Waals surface area contributed by atoms with Crippen LogP contribution in [0.15, 0.2) is 18.3 Å². The largest absolute Gasteiger partial charge is 0.368 e. The second-order valence-electron chi connectivity index (χ2n) is 3.96. The van der Waals surface area contributed by atoms with Crippen LogP contribution in [0.2, 0.25) is 0 Å². The zero-order valence-corrected chi connectivity index (χ0v) is 8.33. The highest BCUT2D eigenvalue weighted by Gasteiger charge is 2.36. The van der Waals surface area contributed by atoms with Gasteiger partial charge in [0.2, 0.25) is 0 Å². The Bertz CT molecular complexity index is 376. The summed E-state index contributed by atoms with van der Waals surface area (Å²) in [6.45, 7) is 0.599. The molecule has 0 aromatic carbocycles. The number of pyridine rings is 1. The molecule has 0 unspecified atom stereocenters. The predicted octanol–water partition coefficient (Wildman–Crippen LogP) is 2.33. The number of aromatic nitrogens is 1. The van der Waals surface area contributed by atoms with Crippen LogP contribution in [-0.4, -0.2) is 11.5 Å². The molecule has 0 spiro atoms. The lowest BCUT2D eigenvalue weighted by molar-refractivity contribution is 0.233. The molecular weight excluding hydrogens is 193 g/mol. The molecule has 3 nitrogen and oxygen atoms in total. The van der Waals surface area contributed by atoms with Crippen LogP contribution in [0, 0.1) is 22.6 Å². The van der Waals surface area contributed by atoms with Crippen LogP contribution in [0.25, 0.3) is 0 Å². The van der Waals surface area contributed by atoms with E-state index in [1.807, 2.05) is 0 Å². The Morgan fingerprint density at radius 1 is 1.53 bits per heavy atom. The minimum absolute atomic E-state index is 0.226. The number of halogens is 1. The summed E-state index contributed by atoms with van der Waals surface area (Å²) in [7, 11) is 0. The first-order chi connectivity index (χ1) is 7.24. The van der Waals surface area contributed by atoms with Crippen LogP contribution < -0.4 is 5.32 Å². The molecule has 1 aromatic rings. The maximum Gasteiger partial charge on any atom is 0.141 e. The Balaban J connectivity index is 1.93. The van der Waals surface area contributed by atoms with E-state index in [0.717, 1.165) is 19.3 Å². The Morgan fingerprint density at radius 2 is 2.33 bits per heavy atom. The van der Waals surface area contributed by atoms with Crippen LogP contribution in [-0.2, 0) is 0 Å². The number of nitrogens with one attached hydrogen (secondary N) is 1. The first-order valence-corrected chi connectivity index (χ1v) is 5.01. The van der Waals surface area contributed by atoms with Crippen LogP contribution in [0.3, 0.4) is 0 Å². The Kier molecular flexibility index (Phi) is 2.55. The molecule has 0 saturated heterocycles. The minimum Gasteiger partial charge on any atom is -0.368 e. The first-order valence-electron chi connectivity index (χ1n) is 5.01. The second-order valence-corrected chi connectivity index (χ2v) is 3.96. The average Bonchev–Trinajstić information content (AvgIpc) is 2.20. The normalized spacial score (nSPS) is 17.6. The lowest BCUT2D eigenvalue weighted by atomic mass is 9.70. The minimum atomic E-state index is -0.348. The van der Waals surface area contributed by atoms with Gasteiger partial charge < -0.3 is 5.32 Å². The van der Waals surface area contributed by atoms with E-state index in [1.54, 1.807) is 6.07 Å². The molecule has 1 saturated carbocycles. The van der Waals surface area contributed by atoms with E-state index >= 15 is 0 Å². The van der Waals surface area contributed by atoms with Gasteiger partial charge in [-0.3, -0.25) is 0 Å². The molecule has 1 aliphatic carbocycles. The molecule has 1 N–H and O–H groups in total. The van der Waals surface area contributed by atoms with Gasteiger partial charge in [-0.05, 0) is 25.0 Å². The van der Waals surface area contributed by atoms with Gasteiger partial charge in [0.25, 0.3) is 0 Å². The summed E-state index contributed by atoms with van der Waals surface area (Å²) in [5.74, 6) is 0.275. The van der Waals surface area contributed by atoms with E-state index < -0.39 is 0 Å². The fraction of sp³-hybridized carbons (Fsp3) is 0.455. The van der Waals surface area contributed by atoms with E-state index in [0.29, 0.717) is 12.4 Å². The van der Waals surface area contributed by atoms with Gasteiger partial charge in [-0.15, -0.1) is 0 Å². The van der Waals surface area contributed by atoms with Crippen LogP contribution >= 0.6 is 0 Å². The van der Waals surface area contributed by atoms with Crippen molar-refractivity contribution >= 4 is 5.82 Å². The van der Waals surface area contributed by atoms with Crippen molar-refractivity contribution in [1.29, 1.82) is 5.26 Å². The van der Waals surface area contributed by atoms with E-state index in [9.17, 15) is 4.39 Å². The average molecular weight is 205 g/mol. The summed E-state index contributed by atoms with van der Waals surface area (Å²) < 4.78 is 12.6. The maximum absolute atomic E-state index is 12.6. The smallest absolute Gasteiger partial charge is 0.141 e. The highest BCUT2D eigenvalue weighted by molar-refractivity contribution is 5.34. The molecule has 4 heteroatoms. The van der Waals surface area contributed by atoms with E-state index in [4.69, 9.17) is 5.26 Å². The van der Waals surface area contributed by atoms with Crippen LogP contribution in [0.5, 0.6) is 0 Å². The third-order valence-corrected chi connectivity index (χ3v) is 2.88. The molecule has 0 bridgehead atoms. The topological polar surface area (TPSA) is 48.7 Å². The summed E-state index contributed by atoms with van der Waals surface area (Å²) in [5, 5.41) is 12.1. The number of rotatable bonds is 3. The molecule has 0 atom stereocenters. The fourth-order valence-electron chi connectivity index (χ4n) is 1.67. The summed E-state index contributed by atoms with van der Waals surface area (Å²) in [4.78, 5) is 3.88. The molecule has 1 aromatic heterocycles. The van der Waals surface area contributed by atoms with Gasteiger partial charge in [0.15, 0.2) is 0 Å². The highest BCUT2D eigenvalue weighted by atomic mass is 19.1. The third kappa shape index (κ3) is 2.07. The van der Waals surface area contributed by atoms with Crippen LogP contribution in [0.4, 0.5) is 10.2 Å². The van der Waals surface area contributed by atoms with Crippen molar-refractivity contribution < 1.29 is 4.39 Å². The standard InChI is InChI=1S/C11H12FN3/c12-9-2-3-10(14-6-9)15-8-11(7-13)4-1-5-11/h2-3,6H,1,4-5,8H2,(H,14,15). The molecule has 2 rings (SSSR count). The molecule has 1 heterocycles. The van der Waals surface area contributed by atoms with Crippen molar-refractivity contribution in [1.82, 2.24) is 4.98 Å². The van der Waals surface area contributed by atoms with Gasteiger partial charge >= 0.3 is 0 Å². The molecule has 78 valence electrons. The monoisotopic (exact) mass is 205 g/mol. The summed E-state index contributed by atoms with van der Waals surface area (Å²) in [6.07, 6.45) is 4.17. The number of hydrogen-bond donors (Lipinski definition) is 1. The maximum atomic E-state index is 12.6. The number of nitriles is 1. The van der Waals surface area contributed by atoms with Crippen molar-refractivity contribution in [3.05, 3.63) is 24.1 Å². The van der Waals surface area contributed by atoms with Gasteiger partial charge in [-0.1, -0.05) is 6.42 Å². The van der Waals surface area contributed by atoms with Crippen LogP contribution in [0.1, 0.15) is 19.3 Å². The molecule has 0 radical (unpaired) electrons. The van der Waals surface area contributed by atoms with Gasteiger partial charge in [-0.2, -0.15) is 5.26 Å². The zero-order valence-electron chi connectivity index (χ0n) is 8.33. The second kappa shape index (κ2) is 3.85. The fourth-order valence-corrected chi connectivity index (χ4v) is 1.67. The van der Waals surface area contributed by atoms with Crippen molar-refractivity contribution in [2.75, 3.05) is 11.9 Å². The quantitative estimate of drug-likeness (QED) is 0.823. The number of nitrogens with zero attached hydrogens (tertiary/aromatic N) is 2. The summed E-state index contributed by atoms with van der Waals surface area (Å²) in [6, 6.07) is 5.27. The van der Waals surface area contributed by atoms with Crippen molar-refractivity contribution in [2.45, 2.75) is 19.3 Å². The van der Waals surface area contributed by atoms with Gasteiger partial charge in [0.1, 0.15) is 11.6 Å². The molecule has 1 fully saturated rings. The Hall–Kier alpha value is -1.63. The first kappa shape index (κ1) is 9.91. The number of anilines is 1. The molecule has 15 heavy (non-hydrogen) atoms. The van der Waals surface area contributed by atoms with Gasteiger partial charge in [-0.25, -0.2) is 9.37 Å². The molecular formula is C11H12FN3. The van der Waals surface area contributed by atoms with E-state index in [-0.39, 0.29) is 11.2 Å². The van der Waals surface area contributed by atoms with Gasteiger partial charge in [0, 0.05) is 6.54 Å². The Morgan fingerprint density at radius 3 is 2.80 bits per heavy atom. The summed E-state index contributed by atoms with van der Waals surface area (Å²) in [5.41, 5.74) is -0.226. The van der Waals surface area contributed by atoms with Crippen molar-refractivity contribution in [3.8, 4) is 6.07 Å². The highest BCUT2D eigenvalue weighted by Crippen LogP contribution is 2.40. The third-order valence-electron chi connectivity index (χ3n) is 2.88. The number of hydrogen-bond acceptors (Lipinski definition) is 3. The lowest BCUT2D eigenvalue weighted by Crippen LogP contribution is -2.35. The summed E-state index contributed by atoms with van der Waals surface area (Å²) >= 11 is 0. The van der Waals surface area contributed by atoms with Gasteiger partial charge in [0.05, 0.1) is 17.7 Å².